The van der Waals surface area contributed by atoms with Crippen molar-refractivity contribution in [2.24, 2.45) is 0 Å². The van der Waals surface area contributed by atoms with Gasteiger partial charge in [-0.2, -0.15) is 11.8 Å². The van der Waals surface area contributed by atoms with Crippen molar-refractivity contribution < 1.29 is 19.0 Å². The predicted octanol–water partition coefficient (Wildman–Crippen LogP) is 3.25. The first-order valence-electron chi connectivity index (χ1n) is 6.79. The zero-order chi connectivity index (χ0) is 14.6. The number of carbonyl (C=O) groups is 1. The Balaban J connectivity index is 2.25. The van der Waals surface area contributed by atoms with Gasteiger partial charge in [0.15, 0.2) is 6.79 Å². The van der Waals surface area contributed by atoms with E-state index in [1.165, 1.54) is 0 Å². The first-order chi connectivity index (χ1) is 9.76. The Morgan fingerprint density at radius 1 is 1.20 bits per heavy atom. The Kier molecular flexibility index (Phi) is 8.91. The van der Waals surface area contributed by atoms with Crippen LogP contribution in [0.15, 0.2) is 24.3 Å². The topological polar surface area (TPSA) is 44.8 Å². The fourth-order valence-electron chi connectivity index (χ4n) is 1.38. The maximum Gasteiger partial charge on any atom is 0.316 e. The van der Waals surface area contributed by atoms with Crippen LogP contribution in [-0.2, 0) is 20.9 Å². The summed E-state index contributed by atoms with van der Waals surface area (Å²) in [6.07, 6.45) is 1.07. The van der Waals surface area contributed by atoms with Crippen molar-refractivity contribution in [1.29, 1.82) is 0 Å². The molecular weight excluding hydrogens is 276 g/mol. The van der Waals surface area contributed by atoms with Gasteiger partial charge in [-0.1, -0.05) is 19.1 Å². The Morgan fingerprint density at radius 3 is 2.60 bits per heavy atom. The predicted molar refractivity (Wildman–Crippen MR) is 81.0 cm³/mol. The van der Waals surface area contributed by atoms with Crippen LogP contribution in [0.4, 0.5) is 0 Å². The second kappa shape index (κ2) is 10.6. The number of rotatable bonds is 10. The van der Waals surface area contributed by atoms with Crippen molar-refractivity contribution in [1.82, 2.24) is 0 Å². The average Bonchev–Trinajstić information content (AvgIpc) is 2.47. The van der Waals surface area contributed by atoms with Gasteiger partial charge in [-0.15, -0.1) is 0 Å². The van der Waals surface area contributed by atoms with Crippen molar-refractivity contribution in [2.75, 3.05) is 24.9 Å². The summed E-state index contributed by atoms with van der Waals surface area (Å²) in [5, 5.41) is 0. The Labute approximate surface area is 124 Å². The van der Waals surface area contributed by atoms with Crippen molar-refractivity contribution in [3.05, 3.63) is 29.8 Å². The molecule has 0 aromatic heterocycles. The molecule has 0 spiro atoms. The minimum atomic E-state index is -0.167. The molecular formula is C15H22O4S. The summed E-state index contributed by atoms with van der Waals surface area (Å²) in [5.74, 6) is 1.98. The SMILES string of the molecule is CCCSCC(=O)OCc1ccc(OCOCC)cc1. The van der Waals surface area contributed by atoms with Crippen LogP contribution in [0.2, 0.25) is 0 Å². The lowest BCUT2D eigenvalue weighted by Crippen LogP contribution is -2.07. The molecule has 0 heterocycles. The third-order valence-corrected chi connectivity index (χ3v) is 3.54. The maximum absolute atomic E-state index is 11.4. The lowest BCUT2D eigenvalue weighted by atomic mass is 10.2. The first-order valence-corrected chi connectivity index (χ1v) is 7.94. The van der Waals surface area contributed by atoms with E-state index in [2.05, 4.69) is 6.92 Å². The number of carbonyl (C=O) groups excluding carboxylic acids is 1. The van der Waals surface area contributed by atoms with Gasteiger partial charge in [0.25, 0.3) is 0 Å². The molecule has 1 rings (SSSR count). The molecule has 0 N–H and O–H groups in total. The van der Waals surface area contributed by atoms with Crippen LogP contribution < -0.4 is 4.74 Å². The highest BCUT2D eigenvalue weighted by Gasteiger charge is 2.03. The molecule has 5 heteroatoms. The van der Waals surface area contributed by atoms with Gasteiger partial charge in [-0.25, -0.2) is 0 Å². The Hall–Kier alpha value is -1.20. The molecule has 1 aromatic carbocycles. The molecule has 0 unspecified atom stereocenters. The molecule has 0 saturated heterocycles. The maximum atomic E-state index is 11.4. The summed E-state index contributed by atoms with van der Waals surface area (Å²) in [7, 11) is 0. The van der Waals surface area contributed by atoms with Gasteiger partial charge in [0, 0.05) is 6.61 Å². The van der Waals surface area contributed by atoms with Crippen LogP contribution in [0.5, 0.6) is 5.75 Å². The molecule has 0 amide bonds. The van der Waals surface area contributed by atoms with Gasteiger partial charge in [0.2, 0.25) is 0 Å². The smallest absolute Gasteiger partial charge is 0.316 e. The van der Waals surface area contributed by atoms with E-state index >= 15 is 0 Å². The van der Waals surface area contributed by atoms with Crippen molar-refractivity contribution in [3.8, 4) is 5.75 Å². The zero-order valence-corrected chi connectivity index (χ0v) is 12.9. The van der Waals surface area contributed by atoms with E-state index in [9.17, 15) is 4.79 Å². The van der Waals surface area contributed by atoms with Gasteiger partial charge in [0.1, 0.15) is 12.4 Å². The minimum Gasteiger partial charge on any atom is -0.468 e. The van der Waals surface area contributed by atoms with E-state index in [0.29, 0.717) is 19.0 Å². The van der Waals surface area contributed by atoms with Gasteiger partial charge < -0.3 is 14.2 Å². The third-order valence-electron chi connectivity index (χ3n) is 2.40. The van der Waals surface area contributed by atoms with Gasteiger partial charge in [-0.05, 0) is 36.8 Å². The fourth-order valence-corrected chi connectivity index (χ4v) is 2.06. The summed E-state index contributed by atoms with van der Waals surface area (Å²) < 4.78 is 15.6. The first kappa shape index (κ1) is 16.9. The summed E-state index contributed by atoms with van der Waals surface area (Å²) in [6, 6.07) is 7.45. The molecule has 20 heavy (non-hydrogen) atoms. The van der Waals surface area contributed by atoms with E-state index in [4.69, 9.17) is 14.2 Å². The zero-order valence-electron chi connectivity index (χ0n) is 12.1. The molecule has 0 bridgehead atoms. The van der Waals surface area contributed by atoms with Crippen molar-refractivity contribution in [2.45, 2.75) is 26.9 Å². The van der Waals surface area contributed by atoms with E-state index in [1.807, 2.05) is 31.2 Å². The second-order valence-electron chi connectivity index (χ2n) is 4.11. The molecule has 0 aliphatic heterocycles. The van der Waals surface area contributed by atoms with Crippen LogP contribution in [0.25, 0.3) is 0 Å². The number of hydrogen-bond acceptors (Lipinski definition) is 5. The molecule has 0 atom stereocenters. The van der Waals surface area contributed by atoms with Crippen LogP contribution >= 0.6 is 11.8 Å². The normalized spacial score (nSPS) is 10.3. The van der Waals surface area contributed by atoms with Crippen LogP contribution in [0.3, 0.4) is 0 Å². The summed E-state index contributed by atoms with van der Waals surface area (Å²) in [4.78, 5) is 11.4. The molecule has 1 aromatic rings. The van der Waals surface area contributed by atoms with Crippen LogP contribution in [0, 0.1) is 0 Å². The quantitative estimate of drug-likeness (QED) is 0.377. The summed E-state index contributed by atoms with van der Waals surface area (Å²) >= 11 is 1.60. The Morgan fingerprint density at radius 2 is 1.95 bits per heavy atom. The van der Waals surface area contributed by atoms with E-state index in [1.54, 1.807) is 11.8 Å². The van der Waals surface area contributed by atoms with Crippen LogP contribution in [-0.4, -0.2) is 30.9 Å². The Bertz CT molecular complexity index is 378. The number of hydrogen-bond donors (Lipinski definition) is 0. The monoisotopic (exact) mass is 298 g/mol. The molecule has 0 fully saturated rings. The second-order valence-corrected chi connectivity index (χ2v) is 5.22. The number of thioether (sulfide) groups is 1. The number of ether oxygens (including phenoxy) is 3. The molecule has 112 valence electrons. The minimum absolute atomic E-state index is 0.167. The van der Waals surface area contributed by atoms with E-state index in [-0.39, 0.29) is 12.8 Å². The highest BCUT2D eigenvalue weighted by atomic mass is 32.2. The molecule has 0 radical (unpaired) electrons. The van der Waals surface area contributed by atoms with Gasteiger partial charge in [0.05, 0.1) is 5.75 Å². The lowest BCUT2D eigenvalue weighted by molar-refractivity contribution is -0.141. The fraction of sp³-hybridized carbons (Fsp3) is 0.533. The molecule has 0 saturated carbocycles. The van der Waals surface area contributed by atoms with Gasteiger partial charge in [-0.3, -0.25) is 4.79 Å². The largest absolute Gasteiger partial charge is 0.468 e. The van der Waals surface area contributed by atoms with Gasteiger partial charge >= 0.3 is 5.97 Å². The summed E-state index contributed by atoms with van der Waals surface area (Å²) in [5.41, 5.74) is 0.947. The van der Waals surface area contributed by atoms with Crippen molar-refractivity contribution >= 4 is 17.7 Å². The molecule has 4 nitrogen and oxygen atoms in total. The van der Waals surface area contributed by atoms with E-state index in [0.717, 1.165) is 23.5 Å². The van der Waals surface area contributed by atoms with Crippen molar-refractivity contribution in [3.63, 3.8) is 0 Å². The average molecular weight is 298 g/mol. The summed E-state index contributed by atoms with van der Waals surface area (Å²) in [6.45, 7) is 5.19. The highest BCUT2D eigenvalue weighted by molar-refractivity contribution is 7.99. The molecule has 0 aliphatic carbocycles. The standard InChI is InChI=1S/C15H22O4S/c1-3-9-20-11-15(16)18-10-13-5-7-14(8-6-13)19-12-17-4-2/h5-8H,3-4,9-12H2,1-2H3. The van der Waals surface area contributed by atoms with E-state index < -0.39 is 0 Å². The number of benzene rings is 1. The number of esters is 1. The molecule has 0 aliphatic rings. The highest BCUT2D eigenvalue weighted by Crippen LogP contribution is 2.13. The van der Waals surface area contributed by atoms with Crippen LogP contribution in [0.1, 0.15) is 25.8 Å². The third kappa shape index (κ3) is 7.40. The lowest BCUT2D eigenvalue weighted by Gasteiger charge is -2.07.